The predicted molar refractivity (Wildman–Crippen MR) is 43.5 cm³/mol. The SMILES string of the molecule is Cc1ccc(N(C)C=O)s1. The normalized spacial score (nSPS) is 9.40. The van der Waals surface area contributed by atoms with Crippen LogP contribution in [0.15, 0.2) is 12.1 Å². The van der Waals surface area contributed by atoms with E-state index in [2.05, 4.69) is 0 Å². The molecule has 3 heteroatoms. The molecule has 54 valence electrons. The lowest BCUT2D eigenvalue weighted by Crippen LogP contribution is -2.11. The maximum absolute atomic E-state index is 10.2. The Kier molecular flexibility index (Phi) is 2.06. The summed E-state index contributed by atoms with van der Waals surface area (Å²) >= 11 is 1.62. The van der Waals surface area contributed by atoms with Crippen LogP contribution in [-0.4, -0.2) is 13.5 Å². The van der Waals surface area contributed by atoms with Crippen molar-refractivity contribution in [2.24, 2.45) is 0 Å². The lowest BCUT2D eigenvalue weighted by atomic mass is 10.5. The molecule has 0 aliphatic carbocycles. The van der Waals surface area contributed by atoms with Crippen molar-refractivity contribution in [1.29, 1.82) is 0 Å². The lowest BCUT2D eigenvalue weighted by Gasteiger charge is -2.04. The minimum absolute atomic E-state index is 0.811. The number of amides is 1. The molecule has 0 radical (unpaired) electrons. The number of hydrogen-bond acceptors (Lipinski definition) is 2. The Bertz CT molecular complexity index is 231. The van der Waals surface area contributed by atoms with Crippen molar-refractivity contribution in [3.63, 3.8) is 0 Å². The Hall–Kier alpha value is -0.830. The van der Waals surface area contributed by atoms with Gasteiger partial charge in [0.2, 0.25) is 6.41 Å². The first-order valence-corrected chi connectivity index (χ1v) is 3.80. The van der Waals surface area contributed by atoms with Gasteiger partial charge in [-0.25, -0.2) is 0 Å². The molecule has 0 N–H and O–H groups in total. The van der Waals surface area contributed by atoms with Crippen LogP contribution in [0.1, 0.15) is 4.88 Å². The van der Waals surface area contributed by atoms with Gasteiger partial charge >= 0.3 is 0 Å². The van der Waals surface area contributed by atoms with Crippen LogP contribution < -0.4 is 4.90 Å². The zero-order valence-corrected chi connectivity index (χ0v) is 6.81. The summed E-state index contributed by atoms with van der Waals surface area (Å²) in [6.07, 6.45) is 0.811. The first-order valence-electron chi connectivity index (χ1n) is 2.98. The molecule has 1 rings (SSSR count). The van der Waals surface area contributed by atoms with Crippen LogP contribution in [0.2, 0.25) is 0 Å². The second-order valence-electron chi connectivity index (χ2n) is 2.10. The highest BCUT2D eigenvalue weighted by molar-refractivity contribution is 7.16. The lowest BCUT2D eigenvalue weighted by molar-refractivity contribution is -0.107. The number of anilines is 1. The van der Waals surface area contributed by atoms with E-state index in [9.17, 15) is 4.79 Å². The molecule has 0 bridgehead atoms. The number of nitrogens with zero attached hydrogens (tertiary/aromatic N) is 1. The van der Waals surface area contributed by atoms with Gasteiger partial charge in [0.05, 0.1) is 5.00 Å². The molecule has 1 aromatic rings. The molecule has 0 aliphatic heterocycles. The van der Waals surface area contributed by atoms with E-state index in [1.165, 1.54) is 4.88 Å². The number of carbonyl (C=O) groups excluding carboxylic acids is 1. The number of thiophene rings is 1. The Morgan fingerprint density at radius 3 is 2.70 bits per heavy atom. The Morgan fingerprint density at radius 2 is 2.30 bits per heavy atom. The Labute approximate surface area is 64.1 Å². The summed E-state index contributed by atoms with van der Waals surface area (Å²) < 4.78 is 0. The monoisotopic (exact) mass is 155 g/mol. The minimum Gasteiger partial charge on any atom is -0.310 e. The summed E-state index contributed by atoms with van der Waals surface area (Å²) in [5.41, 5.74) is 0. The largest absolute Gasteiger partial charge is 0.310 e. The van der Waals surface area contributed by atoms with Crippen LogP contribution in [0.3, 0.4) is 0 Å². The third kappa shape index (κ3) is 1.36. The third-order valence-corrected chi connectivity index (χ3v) is 2.32. The summed E-state index contributed by atoms with van der Waals surface area (Å²) in [6.45, 7) is 2.02. The molecule has 0 aromatic carbocycles. The zero-order chi connectivity index (χ0) is 7.56. The highest BCUT2D eigenvalue weighted by Gasteiger charge is 1.99. The first kappa shape index (κ1) is 7.28. The Morgan fingerprint density at radius 1 is 1.60 bits per heavy atom. The fourth-order valence-electron chi connectivity index (χ4n) is 0.663. The molecular weight excluding hydrogens is 146 g/mol. The molecule has 0 fully saturated rings. The van der Waals surface area contributed by atoms with Crippen molar-refractivity contribution >= 4 is 22.7 Å². The molecule has 1 amide bonds. The number of hydrogen-bond donors (Lipinski definition) is 0. The van der Waals surface area contributed by atoms with Gasteiger partial charge in [-0.1, -0.05) is 0 Å². The van der Waals surface area contributed by atoms with E-state index < -0.39 is 0 Å². The van der Waals surface area contributed by atoms with E-state index in [4.69, 9.17) is 0 Å². The molecular formula is C7H9NOS. The van der Waals surface area contributed by atoms with Crippen molar-refractivity contribution in [3.05, 3.63) is 17.0 Å². The first-order chi connectivity index (χ1) is 4.74. The summed E-state index contributed by atoms with van der Waals surface area (Å²) in [5, 5.41) is 0.993. The van der Waals surface area contributed by atoms with Crippen LogP contribution in [0.5, 0.6) is 0 Å². The number of rotatable bonds is 2. The van der Waals surface area contributed by atoms with Gasteiger partial charge in [0.25, 0.3) is 0 Å². The van der Waals surface area contributed by atoms with E-state index >= 15 is 0 Å². The van der Waals surface area contributed by atoms with Gasteiger partial charge in [0, 0.05) is 11.9 Å². The van der Waals surface area contributed by atoms with Gasteiger partial charge in [-0.2, -0.15) is 0 Å². The van der Waals surface area contributed by atoms with E-state index in [1.54, 1.807) is 23.3 Å². The maximum atomic E-state index is 10.2. The van der Waals surface area contributed by atoms with Gasteiger partial charge in [0.15, 0.2) is 0 Å². The molecule has 0 aliphatic rings. The molecule has 0 saturated heterocycles. The zero-order valence-electron chi connectivity index (χ0n) is 6.00. The fraction of sp³-hybridized carbons (Fsp3) is 0.286. The molecule has 1 heterocycles. The van der Waals surface area contributed by atoms with Crippen molar-refractivity contribution in [2.45, 2.75) is 6.92 Å². The topological polar surface area (TPSA) is 20.3 Å². The van der Waals surface area contributed by atoms with Crippen molar-refractivity contribution < 1.29 is 4.79 Å². The molecule has 1 aromatic heterocycles. The van der Waals surface area contributed by atoms with Crippen LogP contribution in [0.25, 0.3) is 0 Å². The highest BCUT2D eigenvalue weighted by Crippen LogP contribution is 2.22. The standard InChI is InChI=1S/C7H9NOS/c1-6-3-4-7(10-6)8(2)5-9/h3-5H,1-2H3. The Balaban J connectivity index is 2.84. The van der Waals surface area contributed by atoms with Crippen LogP contribution in [0, 0.1) is 6.92 Å². The smallest absolute Gasteiger partial charge is 0.214 e. The highest BCUT2D eigenvalue weighted by atomic mass is 32.1. The summed E-state index contributed by atoms with van der Waals surface area (Å²) in [5.74, 6) is 0. The average molecular weight is 155 g/mol. The summed E-state index contributed by atoms with van der Waals surface area (Å²) in [4.78, 5) is 13.0. The second kappa shape index (κ2) is 2.84. The van der Waals surface area contributed by atoms with Gasteiger partial charge in [0.1, 0.15) is 0 Å². The minimum atomic E-state index is 0.811. The number of carbonyl (C=O) groups is 1. The maximum Gasteiger partial charge on any atom is 0.214 e. The number of aryl methyl sites for hydroxylation is 1. The predicted octanol–water partition coefficient (Wildman–Crippen LogP) is 1.65. The molecule has 0 saturated carbocycles. The van der Waals surface area contributed by atoms with Crippen LogP contribution in [-0.2, 0) is 4.79 Å². The molecule has 0 spiro atoms. The molecule has 10 heavy (non-hydrogen) atoms. The van der Waals surface area contributed by atoms with E-state index in [-0.39, 0.29) is 0 Å². The van der Waals surface area contributed by atoms with Crippen LogP contribution in [0.4, 0.5) is 5.00 Å². The average Bonchev–Trinajstić information content (AvgIpc) is 2.34. The van der Waals surface area contributed by atoms with Crippen molar-refractivity contribution in [3.8, 4) is 0 Å². The summed E-state index contributed by atoms with van der Waals surface area (Å²) in [7, 11) is 1.75. The van der Waals surface area contributed by atoms with E-state index in [1.807, 2.05) is 19.1 Å². The fourth-order valence-corrected chi connectivity index (χ4v) is 1.45. The van der Waals surface area contributed by atoms with Crippen molar-refractivity contribution in [1.82, 2.24) is 0 Å². The molecule has 0 atom stereocenters. The van der Waals surface area contributed by atoms with Gasteiger partial charge < -0.3 is 4.90 Å². The van der Waals surface area contributed by atoms with E-state index in [0.29, 0.717) is 0 Å². The van der Waals surface area contributed by atoms with Crippen LogP contribution >= 0.6 is 11.3 Å². The van der Waals surface area contributed by atoms with Gasteiger partial charge in [-0.3, -0.25) is 4.79 Å². The summed E-state index contributed by atoms with van der Waals surface area (Å²) in [6, 6.07) is 3.94. The van der Waals surface area contributed by atoms with Crippen molar-refractivity contribution in [2.75, 3.05) is 11.9 Å². The molecule has 2 nitrogen and oxygen atoms in total. The van der Waals surface area contributed by atoms with E-state index in [0.717, 1.165) is 11.4 Å². The second-order valence-corrected chi connectivity index (χ2v) is 3.37. The quantitative estimate of drug-likeness (QED) is 0.595. The van der Waals surface area contributed by atoms with Gasteiger partial charge in [-0.05, 0) is 19.1 Å². The molecule has 0 unspecified atom stereocenters. The third-order valence-electron chi connectivity index (χ3n) is 1.23. The van der Waals surface area contributed by atoms with Gasteiger partial charge in [-0.15, -0.1) is 11.3 Å².